The summed E-state index contributed by atoms with van der Waals surface area (Å²) in [4.78, 5) is 41.8. The van der Waals surface area contributed by atoms with Crippen molar-refractivity contribution in [1.82, 2.24) is 9.80 Å². The van der Waals surface area contributed by atoms with Gasteiger partial charge in [0.25, 0.3) is 0 Å². The first kappa shape index (κ1) is 32.1. The van der Waals surface area contributed by atoms with Crippen LogP contribution in [0.5, 0.6) is 0 Å². The zero-order valence-electron chi connectivity index (χ0n) is 24.5. The fourth-order valence-electron chi connectivity index (χ4n) is 6.31. The van der Waals surface area contributed by atoms with Crippen LogP contribution in [0.25, 0.3) is 0 Å². The van der Waals surface area contributed by atoms with Crippen molar-refractivity contribution in [2.24, 2.45) is 11.3 Å². The van der Waals surface area contributed by atoms with E-state index < -0.39 is 71.4 Å². The molecule has 11 heteroatoms. The highest BCUT2D eigenvalue weighted by Gasteiger charge is 2.54. The van der Waals surface area contributed by atoms with Gasteiger partial charge in [-0.2, -0.15) is 0 Å². The molecule has 6 atom stereocenters. The van der Waals surface area contributed by atoms with E-state index in [0.29, 0.717) is 6.07 Å². The van der Waals surface area contributed by atoms with Gasteiger partial charge in [0.2, 0.25) is 5.91 Å². The summed E-state index contributed by atoms with van der Waals surface area (Å²) in [5.41, 5.74) is 0.286. The molecule has 2 saturated heterocycles. The molecule has 2 aliphatic heterocycles. The average molecular weight is 601 g/mol. The van der Waals surface area contributed by atoms with Gasteiger partial charge in [0.05, 0.1) is 42.9 Å². The molecule has 2 aromatic rings. The minimum absolute atomic E-state index is 0.0441. The Morgan fingerprint density at radius 2 is 1.79 bits per heavy atom. The first-order valence-corrected chi connectivity index (χ1v) is 14.2. The van der Waals surface area contributed by atoms with Crippen LogP contribution in [-0.4, -0.2) is 81.7 Å². The van der Waals surface area contributed by atoms with Crippen LogP contribution < -0.4 is 0 Å². The van der Waals surface area contributed by atoms with Crippen molar-refractivity contribution in [3.63, 3.8) is 0 Å². The van der Waals surface area contributed by atoms with Crippen LogP contribution in [0.4, 0.5) is 18.4 Å². The number of halogens is 2. The average Bonchev–Trinajstić information content (AvgIpc) is 3.50. The van der Waals surface area contributed by atoms with Crippen molar-refractivity contribution < 1.29 is 42.9 Å². The van der Waals surface area contributed by atoms with Gasteiger partial charge in [-0.1, -0.05) is 57.2 Å². The minimum atomic E-state index is -1.66. The summed E-state index contributed by atoms with van der Waals surface area (Å²) in [5, 5.41) is 22.2. The lowest BCUT2D eigenvalue weighted by Gasteiger charge is -2.40. The molecule has 43 heavy (non-hydrogen) atoms. The number of carbonyl (C=O) groups is 3. The molecular formula is C32H38F2N2O7. The van der Waals surface area contributed by atoms with E-state index in [2.05, 4.69) is 6.58 Å². The predicted molar refractivity (Wildman–Crippen MR) is 153 cm³/mol. The molecule has 1 unspecified atom stereocenters. The van der Waals surface area contributed by atoms with Crippen LogP contribution >= 0.6 is 0 Å². The second-order valence-corrected chi connectivity index (χ2v) is 12.2. The van der Waals surface area contributed by atoms with Crippen LogP contribution in [0.3, 0.4) is 0 Å². The van der Waals surface area contributed by atoms with Crippen molar-refractivity contribution in [2.75, 3.05) is 13.2 Å². The number of hydrogen-bond donors (Lipinski definition) is 2. The summed E-state index contributed by atoms with van der Waals surface area (Å²) in [6.07, 6.45) is -3.04. The van der Waals surface area contributed by atoms with Crippen molar-refractivity contribution >= 4 is 18.1 Å². The summed E-state index contributed by atoms with van der Waals surface area (Å²) in [6, 6.07) is 9.38. The van der Waals surface area contributed by atoms with E-state index in [4.69, 9.17) is 9.47 Å². The van der Waals surface area contributed by atoms with Gasteiger partial charge in [0, 0.05) is 6.07 Å². The van der Waals surface area contributed by atoms with Crippen molar-refractivity contribution in [2.45, 2.75) is 70.4 Å². The van der Waals surface area contributed by atoms with E-state index in [9.17, 15) is 33.4 Å². The molecule has 3 amide bonds. The Labute approximate surface area is 249 Å². The van der Waals surface area contributed by atoms with Gasteiger partial charge in [-0.05, 0) is 47.9 Å². The molecule has 2 aromatic carbocycles. The van der Waals surface area contributed by atoms with Gasteiger partial charge in [-0.25, -0.2) is 23.3 Å². The lowest BCUT2D eigenvalue weighted by atomic mass is 9.84. The van der Waals surface area contributed by atoms with Crippen LogP contribution in [0, 0.1) is 23.0 Å². The maximum Gasteiger partial charge on any atom is 0.416 e. The zero-order valence-corrected chi connectivity index (χ0v) is 24.5. The fraction of sp³-hybridized carbons (Fsp3) is 0.469. The maximum absolute atomic E-state index is 14.2. The molecule has 0 aliphatic carbocycles. The van der Waals surface area contributed by atoms with E-state index in [1.165, 1.54) is 6.08 Å². The van der Waals surface area contributed by atoms with Gasteiger partial charge in [0.1, 0.15) is 18.2 Å². The molecule has 0 spiro atoms. The van der Waals surface area contributed by atoms with E-state index in [-0.39, 0.29) is 38.0 Å². The second kappa shape index (κ2) is 13.2. The Balaban J connectivity index is 1.73. The maximum atomic E-state index is 14.2. The van der Waals surface area contributed by atoms with E-state index in [0.717, 1.165) is 27.5 Å². The van der Waals surface area contributed by atoms with Crippen LogP contribution in [-0.2, 0) is 27.1 Å². The van der Waals surface area contributed by atoms with Crippen LogP contribution in [0.2, 0.25) is 0 Å². The lowest BCUT2D eigenvalue weighted by molar-refractivity contribution is -0.139. The number of ether oxygens (including phenoxy) is 2. The molecule has 232 valence electrons. The molecule has 9 nitrogen and oxygen atoms in total. The molecule has 0 radical (unpaired) electrons. The topological polar surface area (TPSA) is 117 Å². The van der Waals surface area contributed by atoms with E-state index >= 15 is 0 Å². The minimum Gasteiger partial charge on any atom is -0.465 e. The molecule has 2 heterocycles. The quantitative estimate of drug-likeness (QED) is 0.376. The number of amides is 3. The number of nitrogens with zero attached hydrogens (tertiary/aromatic N) is 2. The Bertz CT molecular complexity index is 1310. The smallest absolute Gasteiger partial charge is 0.416 e. The summed E-state index contributed by atoms with van der Waals surface area (Å²) < 4.78 is 39.5. The third-order valence-electron chi connectivity index (χ3n) is 8.03. The normalized spacial score (nSPS) is 23.6. The molecule has 2 fully saturated rings. The standard InChI is InChI=1S/C32H38F2N2O7/c1-5-11-42-26-17-25(36(30(39)40)28(26)32(2,3)4)27(37)24(15-20-12-21(33)16-22(34)13-20)29(38)35-23(18-43-31(35)41)14-19-9-7-6-8-10-19/h5-10,12-13,16,23-28,37H,1,11,14-15,17-18H2,2-4H3,(H,39,40)/t23-,24-,25+,26+,27-,28?/m0/s1. The number of rotatable bonds is 10. The Morgan fingerprint density at radius 3 is 2.37 bits per heavy atom. The zero-order chi connectivity index (χ0) is 31.5. The molecular weight excluding hydrogens is 562 g/mol. The van der Waals surface area contributed by atoms with Gasteiger partial charge >= 0.3 is 12.2 Å². The number of aliphatic hydroxyl groups excluding tert-OH is 1. The first-order chi connectivity index (χ1) is 20.3. The largest absolute Gasteiger partial charge is 0.465 e. The predicted octanol–water partition coefficient (Wildman–Crippen LogP) is 4.81. The first-order valence-electron chi connectivity index (χ1n) is 14.2. The number of imide groups is 1. The third-order valence-corrected chi connectivity index (χ3v) is 8.03. The van der Waals surface area contributed by atoms with Gasteiger partial charge in [0.15, 0.2) is 0 Å². The Hall–Kier alpha value is -3.83. The summed E-state index contributed by atoms with van der Waals surface area (Å²) in [7, 11) is 0. The highest BCUT2D eigenvalue weighted by molar-refractivity contribution is 5.95. The van der Waals surface area contributed by atoms with E-state index in [1.54, 1.807) is 0 Å². The van der Waals surface area contributed by atoms with Gasteiger partial charge in [-0.15, -0.1) is 6.58 Å². The molecule has 0 saturated carbocycles. The summed E-state index contributed by atoms with van der Waals surface area (Å²) >= 11 is 0. The molecule has 0 bridgehead atoms. The molecule has 0 aromatic heterocycles. The molecule has 4 rings (SSSR count). The number of benzene rings is 2. The number of aliphatic hydroxyl groups is 1. The fourth-order valence-corrected chi connectivity index (χ4v) is 6.31. The Morgan fingerprint density at radius 1 is 1.14 bits per heavy atom. The van der Waals surface area contributed by atoms with Gasteiger partial charge < -0.3 is 19.7 Å². The highest BCUT2D eigenvalue weighted by atomic mass is 19.1. The number of carboxylic acid groups (broad SMARTS) is 1. The summed E-state index contributed by atoms with van der Waals surface area (Å²) in [5.74, 6) is -4.03. The van der Waals surface area contributed by atoms with Crippen molar-refractivity contribution in [3.05, 3.63) is 83.9 Å². The van der Waals surface area contributed by atoms with E-state index in [1.807, 2.05) is 51.1 Å². The molecule has 2 N–H and O–H groups in total. The van der Waals surface area contributed by atoms with Crippen molar-refractivity contribution in [1.29, 1.82) is 0 Å². The second-order valence-electron chi connectivity index (χ2n) is 12.2. The third kappa shape index (κ3) is 7.22. The highest BCUT2D eigenvalue weighted by Crippen LogP contribution is 2.41. The van der Waals surface area contributed by atoms with Crippen LogP contribution in [0.1, 0.15) is 38.3 Å². The number of hydrogen-bond acceptors (Lipinski definition) is 6. The molecule has 2 aliphatic rings. The lowest BCUT2D eigenvalue weighted by Crippen LogP contribution is -2.56. The summed E-state index contributed by atoms with van der Waals surface area (Å²) in [6.45, 7) is 9.26. The number of likely N-dealkylation sites (tertiary alicyclic amines) is 1. The SMILES string of the molecule is C=CCO[C@@H]1C[C@H]([C@@H](O)[C@H](Cc2cc(F)cc(F)c2)C(=O)N2C(=O)OC[C@@H]2Cc2ccccc2)N(C(=O)O)C1C(C)(C)C. The number of cyclic esters (lactones) is 1. The Kier molecular flexibility index (Phi) is 9.86. The van der Waals surface area contributed by atoms with Crippen molar-refractivity contribution in [3.8, 4) is 0 Å². The van der Waals surface area contributed by atoms with Gasteiger partial charge in [-0.3, -0.25) is 9.69 Å². The van der Waals surface area contributed by atoms with Crippen LogP contribution in [0.15, 0.2) is 61.2 Å². The monoisotopic (exact) mass is 600 g/mol. The number of carbonyl (C=O) groups excluding carboxylic acids is 2.